The van der Waals surface area contributed by atoms with E-state index in [1.54, 1.807) is 19.9 Å². The molecule has 0 fully saturated rings. The molecule has 7 heteroatoms. The van der Waals surface area contributed by atoms with Crippen molar-refractivity contribution in [1.29, 1.82) is 0 Å². The second-order valence-corrected chi connectivity index (χ2v) is 6.31. The molecule has 0 amide bonds. The average molecular weight is 379 g/mol. The molecule has 0 saturated heterocycles. The van der Waals surface area contributed by atoms with Crippen molar-refractivity contribution < 1.29 is 18.7 Å². The maximum atomic E-state index is 12.4. The number of nitrogens with zero attached hydrogens (tertiary/aromatic N) is 2. The van der Waals surface area contributed by atoms with Crippen molar-refractivity contribution in [2.45, 2.75) is 27.7 Å². The minimum atomic E-state index is -0.628. The van der Waals surface area contributed by atoms with Gasteiger partial charge in [-0.3, -0.25) is 4.79 Å². The molecule has 7 nitrogen and oxygen atoms in total. The van der Waals surface area contributed by atoms with Gasteiger partial charge in [0.1, 0.15) is 11.3 Å². The normalized spacial score (nSPS) is 10.6. The number of hydrogen-bond donors (Lipinski definition) is 1. The van der Waals surface area contributed by atoms with E-state index in [9.17, 15) is 9.59 Å². The molecule has 0 aliphatic rings. The van der Waals surface area contributed by atoms with Gasteiger partial charge in [0.25, 0.3) is 0 Å². The Morgan fingerprint density at radius 1 is 1.04 bits per heavy atom. The molecule has 144 valence electrons. The van der Waals surface area contributed by atoms with Crippen molar-refractivity contribution in [3.63, 3.8) is 0 Å². The highest BCUT2D eigenvalue weighted by molar-refractivity contribution is 6.09. The van der Waals surface area contributed by atoms with Crippen LogP contribution in [0, 0.1) is 13.8 Å². The zero-order valence-corrected chi connectivity index (χ0v) is 16.2. The van der Waals surface area contributed by atoms with Gasteiger partial charge in [0.15, 0.2) is 11.6 Å². The summed E-state index contributed by atoms with van der Waals surface area (Å²) in [7, 11) is 0. The number of aryl methyl sites for hydroxylation is 2. The number of ketones is 1. The largest absolute Gasteiger partial charge is 0.462 e. The minimum absolute atomic E-state index is 0.0660. The van der Waals surface area contributed by atoms with Crippen molar-refractivity contribution in [2.75, 3.05) is 11.9 Å². The first kappa shape index (κ1) is 19.3. The van der Waals surface area contributed by atoms with E-state index in [0.717, 1.165) is 16.8 Å². The summed E-state index contributed by atoms with van der Waals surface area (Å²) < 4.78 is 10.7. The first-order valence-corrected chi connectivity index (χ1v) is 8.90. The summed E-state index contributed by atoms with van der Waals surface area (Å²) in [6.07, 6.45) is 0. The third-order valence-corrected chi connectivity index (χ3v) is 4.17. The van der Waals surface area contributed by atoms with Crippen LogP contribution in [0.5, 0.6) is 0 Å². The molecule has 0 radical (unpaired) electrons. The number of anilines is 2. The van der Waals surface area contributed by atoms with Crippen LogP contribution in [-0.4, -0.2) is 28.6 Å². The number of esters is 1. The number of nitrogens with one attached hydrogen (secondary N) is 1. The summed E-state index contributed by atoms with van der Waals surface area (Å²) in [6.45, 7) is 6.90. The molecule has 0 unspecified atom stereocenters. The van der Waals surface area contributed by atoms with Crippen LogP contribution in [0.1, 0.15) is 45.9 Å². The van der Waals surface area contributed by atoms with Crippen LogP contribution in [0.2, 0.25) is 0 Å². The fourth-order valence-corrected chi connectivity index (χ4v) is 2.85. The highest BCUT2D eigenvalue weighted by Crippen LogP contribution is 2.30. The number of benzene rings is 1. The van der Waals surface area contributed by atoms with E-state index in [2.05, 4.69) is 15.5 Å². The van der Waals surface area contributed by atoms with E-state index < -0.39 is 5.97 Å². The fraction of sp³-hybridized carbons (Fsp3) is 0.238. The summed E-state index contributed by atoms with van der Waals surface area (Å²) >= 11 is 0. The van der Waals surface area contributed by atoms with Gasteiger partial charge >= 0.3 is 5.97 Å². The molecule has 2 aromatic heterocycles. The van der Waals surface area contributed by atoms with Crippen LogP contribution in [-0.2, 0) is 4.74 Å². The maximum Gasteiger partial charge on any atom is 0.344 e. The van der Waals surface area contributed by atoms with Crippen LogP contribution in [0.3, 0.4) is 0 Å². The summed E-state index contributed by atoms with van der Waals surface area (Å²) in [5.74, 6) is -0.0828. The first-order chi connectivity index (χ1) is 13.4. The molecule has 3 aromatic rings. The third kappa shape index (κ3) is 3.93. The Kier molecular flexibility index (Phi) is 5.54. The molecule has 1 N–H and O–H groups in total. The van der Waals surface area contributed by atoms with Crippen molar-refractivity contribution in [2.24, 2.45) is 0 Å². The summed E-state index contributed by atoms with van der Waals surface area (Å²) in [4.78, 5) is 24.3. The van der Waals surface area contributed by atoms with Crippen molar-refractivity contribution >= 4 is 23.5 Å². The highest BCUT2D eigenvalue weighted by atomic mass is 16.5. The molecule has 28 heavy (non-hydrogen) atoms. The van der Waals surface area contributed by atoms with Crippen molar-refractivity contribution in [3.05, 3.63) is 58.8 Å². The number of furan rings is 1. The van der Waals surface area contributed by atoms with E-state index in [-0.39, 0.29) is 29.4 Å². The first-order valence-electron chi connectivity index (χ1n) is 8.90. The number of hydrogen-bond acceptors (Lipinski definition) is 7. The molecular formula is C21H21N3O4. The molecule has 0 aliphatic carbocycles. The summed E-state index contributed by atoms with van der Waals surface area (Å²) in [5, 5.41) is 11.3. The quantitative estimate of drug-likeness (QED) is 0.498. The Bertz CT molecular complexity index is 1010. The van der Waals surface area contributed by atoms with Crippen LogP contribution in [0.15, 0.2) is 40.8 Å². The molecule has 1 aromatic carbocycles. The Balaban J connectivity index is 1.91. The molecule has 0 saturated carbocycles. The second kappa shape index (κ2) is 8.04. The molecule has 0 bridgehead atoms. The van der Waals surface area contributed by atoms with Gasteiger partial charge in [-0.05, 0) is 39.8 Å². The van der Waals surface area contributed by atoms with Crippen molar-refractivity contribution in [1.82, 2.24) is 10.2 Å². The van der Waals surface area contributed by atoms with Crippen LogP contribution >= 0.6 is 0 Å². The maximum absolute atomic E-state index is 12.4. The second-order valence-electron chi connectivity index (χ2n) is 6.31. The van der Waals surface area contributed by atoms with E-state index in [4.69, 9.17) is 9.15 Å². The number of Topliss-reactive ketones (excluding diaryl/α,β-unsaturated/α-hetero) is 1. The number of ether oxygens (including phenoxy) is 1. The van der Waals surface area contributed by atoms with Gasteiger partial charge in [-0.25, -0.2) is 4.79 Å². The summed E-state index contributed by atoms with van der Waals surface area (Å²) in [5.41, 5.74) is 3.10. The van der Waals surface area contributed by atoms with Gasteiger partial charge in [-0.2, -0.15) is 0 Å². The molecular weight excluding hydrogens is 358 g/mol. The summed E-state index contributed by atoms with van der Waals surface area (Å²) in [6, 6.07) is 11.5. The van der Waals surface area contributed by atoms with Crippen LogP contribution in [0.4, 0.5) is 11.7 Å². The molecule has 2 heterocycles. The van der Waals surface area contributed by atoms with E-state index in [1.165, 1.54) is 6.92 Å². The van der Waals surface area contributed by atoms with Gasteiger partial charge in [0.05, 0.1) is 17.9 Å². The van der Waals surface area contributed by atoms with Crippen LogP contribution < -0.4 is 5.32 Å². The zero-order chi connectivity index (χ0) is 20.3. The lowest BCUT2D eigenvalue weighted by atomic mass is 10.1. The lowest BCUT2D eigenvalue weighted by Gasteiger charge is -2.07. The average Bonchev–Trinajstić information content (AvgIpc) is 2.99. The standard InChI is InChI=1S/C21H21N3O4/c1-5-27-21(26)19-18(13(3)25)14(4)28-20(19)22-17-11-10-16(23-24-17)15-8-6-12(2)7-9-15/h6-11H,5H2,1-4H3,(H,22,24). The van der Waals surface area contributed by atoms with Gasteiger partial charge in [0.2, 0.25) is 5.88 Å². The topological polar surface area (TPSA) is 94.3 Å². The molecule has 3 rings (SSSR count). The SMILES string of the molecule is CCOC(=O)c1c(Nc2ccc(-c3ccc(C)cc3)nn2)oc(C)c1C(C)=O. The molecule has 0 spiro atoms. The van der Waals surface area contributed by atoms with E-state index in [0.29, 0.717) is 11.6 Å². The lowest BCUT2D eigenvalue weighted by molar-refractivity contribution is 0.0524. The number of rotatable bonds is 6. The smallest absolute Gasteiger partial charge is 0.344 e. The number of carbonyl (C=O) groups is 2. The van der Waals surface area contributed by atoms with Crippen LogP contribution in [0.25, 0.3) is 11.3 Å². The predicted molar refractivity (Wildman–Crippen MR) is 105 cm³/mol. The molecule has 0 atom stereocenters. The Morgan fingerprint density at radius 2 is 1.75 bits per heavy atom. The van der Waals surface area contributed by atoms with E-state index in [1.807, 2.05) is 37.3 Å². The van der Waals surface area contributed by atoms with Gasteiger partial charge in [-0.1, -0.05) is 29.8 Å². The lowest BCUT2D eigenvalue weighted by Crippen LogP contribution is -2.11. The third-order valence-electron chi connectivity index (χ3n) is 4.17. The van der Waals surface area contributed by atoms with Gasteiger partial charge in [-0.15, -0.1) is 10.2 Å². The van der Waals surface area contributed by atoms with Gasteiger partial charge in [0, 0.05) is 5.56 Å². The Morgan fingerprint density at radius 3 is 2.32 bits per heavy atom. The van der Waals surface area contributed by atoms with Crippen molar-refractivity contribution in [3.8, 4) is 11.3 Å². The monoisotopic (exact) mass is 379 g/mol. The number of aromatic nitrogens is 2. The highest BCUT2D eigenvalue weighted by Gasteiger charge is 2.28. The number of carbonyl (C=O) groups excluding carboxylic acids is 2. The van der Waals surface area contributed by atoms with Gasteiger partial charge < -0.3 is 14.5 Å². The molecule has 0 aliphatic heterocycles. The Hall–Kier alpha value is -3.48. The zero-order valence-electron chi connectivity index (χ0n) is 16.2. The Labute approximate surface area is 162 Å². The minimum Gasteiger partial charge on any atom is -0.462 e. The predicted octanol–water partition coefficient (Wildman–Crippen LogP) is 4.48. The van der Waals surface area contributed by atoms with E-state index >= 15 is 0 Å². The fourth-order valence-electron chi connectivity index (χ4n) is 2.85.